The van der Waals surface area contributed by atoms with Crippen LogP contribution in [0.3, 0.4) is 0 Å². The fourth-order valence-electron chi connectivity index (χ4n) is 2.73. The molecule has 0 radical (unpaired) electrons. The van der Waals surface area contributed by atoms with E-state index in [1.54, 1.807) is 13.0 Å². The van der Waals surface area contributed by atoms with Crippen LogP contribution in [0.1, 0.15) is 17.3 Å². The van der Waals surface area contributed by atoms with Gasteiger partial charge in [-0.1, -0.05) is 59.9 Å². The van der Waals surface area contributed by atoms with E-state index >= 15 is 0 Å². The summed E-state index contributed by atoms with van der Waals surface area (Å²) < 4.78 is 0.968. The average Bonchev–Trinajstić information content (AvgIpc) is 3.08. The molecule has 0 amide bonds. The van der Waals surface area contributed by atoms with Gasteiger partial charge in [0.15, 0.2) is 0 Å². The smallest absolute Gasteiger partial charge is 0.327 e. The Morgan fingerprint density at radius 2 is 1.77 bits per heavy atom. The number of carbonyl (C=O) groups is 1. The lowest BCUT2D eigenvalue weighted by Crippen LogP contribution is -2.31. The molecule has 0 unspecified atom stereocenters. The highest BCUT2D eigenvalue weighted by molar-refractivity contribution is 7.22. The van der Waals surface area contributed by atoms with Gasteiger partial charge < -0.3 is 4.84 Å². The lowest BCUT2D eigenvalue weighted by Gasteiger charge is -2.18. The Labute approximate surface area is 153 Å². The van der Waals surface area contributed by atoms with Crippen molar-refractivity contribution in [3.05, 3.63) is 72.3 Å². The number of amidine groups is 1. The summed E-state index contributed by atoms with van der Waals surface area (Å²) in [5, 5.41) is 11.4. The van der Waals surface area contributed by atoms with Crippen molar-refractivity contribution in [1.82, 2.24) is 4.98 Å². The maximum Gasteiger partial charge on any atom is 0.364 e. The predicted molar refractivity (Wildman–Crippen MR) is 105 cm³/mol. The summed E-state index contributed by atoms with van der Waals surface area (Å²) in [5.41, 5.74) is 1.26. The van der Waals surface area contributed by atoms with E-state index in [0.717, 1.165) is 21.0 Å². The molecule has 1 heterocycles. The van der Waals surface area contributed by atoms with Gasteiger partial charge in [0.1, 0.15) is 5.84 Å². The molecule has 0 atom stereocenters. The van der Waals surface area contributed by atoms with Gasteiger partial charge in [-0.2, -0.15) is 0 Å². The highest BCUT2D eigenvalue weighted by atomic mass is 32.1. The summed E-state index contributed by atoms with van der Waals surface area (Å²) in [6, 6.07) is 20.8. The van der Waals surface area contributed by atoms with Crippen LogP contribution in [0.5, 0.6) is 0 Å². The Balaban J connectivity index is 1.70. The second kappa shape index (κ2) is 6.57. The van der Waals surface area contributed by atoms with Gasteiger partial charge in [-0.25, -0.2) is 9.78 Å². The van der Waals surface area contributed by atoms with Crippen molar-refractivity contribution in [2.45, 2.75) is 6.92 Å². The summed E-state index contributed by atoms with van der Waals surface area (Å²) in [5.74, 6) is -0.440. The molecule has 4 aromatic rings. The van der Waals surface area contributed by atoms with Gasteiger partial charge >= 0.3 is 5.97 Å². The first-order valence-corrected chi connectivity index (χ1v) is 8.86. The zero-order valence-electron chi connectivity index (χ0n) is 14.0. The lowest BCUT2D eigenvalue weighted by molar-refractivity contribution is 0.0518. The number of benzene rings is 3. The minimum Gasteiger partial charge on any atom is -0.327 e. The number of anilines is 1. The van der Waals surface area contributed by atoms with E-state index in [9.17, 15) is 4.79 Å². The molecule has 1 aromatic heterocycles. The quantitative estimate of drug-likeness (QED) is 0.309. The molecule has 0 aliphatic rings. The van der Waals surface area contributed by atoms with E-state index in [-0.39, 0.29) is 5.84 Å². The van der Waals surface area contributed by atoms with Crippen LogP contribution < -0.4 is 5.06 Å². The molecular weight excluding hydrogens is 346 g/mol. The van der Waals surface area contributed by atoms with Crippen LogP contribution in [0, 0.1) is 5.41 Å². The highest BCUT2D eigenvalue weighted by Crippen LogP contribution is 2.29. The summed E-state index contributed by atoms with van der Waals surface area (Å²) >= 11 is 1.37. The van der Waals surface area contributed by atoms with E-state index in [0.29, 0.717) is 10.7 Å². The number of hydroxylamine groups is 1. The molecule has 0 aliphatic heterocycles. The van der Waals surface area contributed by atoms with Crippen molar-refractivity contribution in [2.24, 2.45) is 0 Å². The standard InChI is InChI=1S/C20H15N3O2S/c1-13(21)23(20-22-17-11-4-5-12-18(17)26-20)25-19(24)16-10-6-8-14-7-2-3-9-15(14)16/h2-12,21H,1H3. The van der Waals surface area contributed by atoms with Gasteiger partial charge in [-0.3, -0.25) is 5.41 Å². The van der Waals surface area contributed by atoms with Crippen LogP contribution >= 0.6 is 11.3 Å². The minimum absolute atomic E-state index is 0.0812. The number of hydrogen-bond acceptors (Lipinski definition) is 5. The van der Waals surface area contributed by atoms with Crippen molar-refractivity contribution in [3.8, 4) is 0 Å². The van der Waals surface area contributed by atoms with Crippen LogP contribution in [0.15, 0.2) is 66.7 Å². The number of carbonyl (C=O) groups excluding carboxylic acids is 1. The topological polar surface area (TPSA) is 66.3 Å². The van der Waals surface area contributed by atoms with E-state index < -0.39 is 5.97 Å². The van der Waals surface area contributed by atoms with Crippen LogP contribution in [0.25, 0.3) is 21.0 Å². The Bertz CT molecular complexity index is 1100. The molecule has 0 saturated heterocycles. The van der Waals surface area contributed by atoms with Crippen molar-refractivity contribution >= 4 is 49.3 Å². The molecule has 128 valence electrons. The molecule has 4 rings (SSSR count). The van der Waals surface area contributed by atoms with Gasteiger partial charge in [0, 0.05) is 0 Å². The average molecular weight is 361 g/mol. The molecule has 0 saturated carbocycles. The molecule has 6 heteroatoms. The maximum absolute atomic E-state index is 12.8. The summed E-state index contributed by atoms with van der Waals surface area (Å²) in [6.45, 7) is 1.56. The molecule has 0 aliphatic carbocycles. The van der Waals surface area contributed by atoms with Gasteiger partial charge in [0.2, 0.25) is 5.13 Å². The Morgan fingerprint density at radius 3 is 2.58 bits per heavy atom. The molecule has 1 N–H and O–H groups in total. The number of hydrogen-bond donors (Lipinski definition) is 1. The predicted octanol–water partition coefficient (Wildman–Crippen LogP) is 5.03. The summed E-state index contributed by atoms with van der Waals surface area (Å²) in [7, 11) is 0. The first-order chi connectivity index (χ1) is 12.6. The largest absolute Gasteiger partial charge is 0.364 e. The van der Waals surface area contributed by atoms with Gasteiger partial charge in [-0.05, 0) is 35.9 Å². The van der Waals surface area contributed by atoms with Crippen LogP contribution in [0.2, 0.25) is 0 Å². The monoisotopic (exact) mass is 361 g/mol. The second-order valence-electron chi connectivity index (χ2n) is 5.75. The molecule has 5 nitrogen and oxygen atoms in total. The first kappa shape index (κ1) is 16.2. The Kier molecular flexibility index (Phi) is 4.10. The molecule has 0 bridgehead atoms. The highest BCUT2D eigenvalue weighted by Gasteiger charge is 2.21. The molecule has 3 aromatic carbocycles. The number of rotatable bonds is 2. The third-order valence-corrected chi connectivity index (χ3v) is 4.95. The van der Waals surface area contributed by atoms with Gasteiger partial charge in [-0.15, -0.1) is 5.06 Å². The number of fused-ring (bicyclic) bond motifs is 2. The van der Waals surface area contributed by atoms with Crippen molar-refractivity contribution < 1.29 is 9.63 Å². The number of thiazole rings is 1. The van der Waals surface area contributed by atoms with Crippen molar-refractivity contribution in [2.75, 3.05) is 5.06 Å². The number of para-hydroxylation sites is 1. The van der Waals surface area contributed by atoms with Crippen LogP contribution in [-0.4, -0.2) is 16.8 Å². The summed E-state index contributed by atoms with van der Waals surface area (Å²) in [4.78, 5) is 22.8. The first-order valence-electron chi connectivity index (χ1n) is 8.04. The SMILES string of the molecule is CC(=N)N(OC(=O)c1cccc2ccccc12)c1nc2ccccc2s1. The Morgan fingerprint density at radius 1 is 1.04 bits per heavy atom. The Hall–Kier alpha value is -3.25. The zero-order valence-corrected chi connectivity index (χ0v) is 14.8. The minimum atomic E-state index is -0.521. The number of nitrogens with one attached hydrogen (secondary N) is 1. The fraction of sp³-hybridized carbons (Fsp3) is 0.0500. The van der Waals surface area contributed by atoms with E-state index in [1.165, 1.54) is 16.4 Å². The summed E-state index contributed by atoms with van der Waals surface area (Å²) in [6.07, 6.45) is 0. The van der Waals surface area contributed by atoms with Crippen LogP contribution in [-0.2, 0) is 4.84 Å². The van der Waals surface area contributed by atoms with E-state index in [1.807, 2.05) is 60.7 Å². The third kappa shape index (κ3) is 2.91. The van der Waals surface area contributed by atoms with E-state index in [2.05, 4.69) is 4.98 Å². The lowest BCUT2D eigenvalue weighted by atomic mass is 10.1. The molecule has 26 heavy (non-hydrogen) atoms. The molecule has 0 spiro atoms. The molecular formula is C20H15N3O2S. The number of aromatic nitrogens is 1. The number of nitrogens with zero attached hydrogens (tertiary/aromatic N) is 2. The van der Waals surface area contributed by atoms with Gasteiger partial charge in [0.05, 0.1) is 15.8 Å². The van der Waals surface area contributed by atoms with Crippen LogP contribution in [0.4, 0.5) is 5.13 Å². The second-order valence-corrected chi connectivity index (χ2v) is 6.76. The maximum atomic E-state index is 12.8. The third-order valence-electron chi connectivity index (χ3n) is 3.94. The fourth-order valence-corrected chi connectivity index (χ4v) is 3.70. The van der Waals surface area contributed by atoms with Crippen molar-refractivity contribution in [1.29, 1.82) is 5.41 Å². The zero-order chi connectivity index (χ0) is 18.1. The van der Waals surface area contributed by atoms with E-state index in [4.69, 9.17) is 10.2 Å². The normalized spacial score (nSPS) is 10.8. The molecule has 0 fully saturated rings. The van der Waals surface area contributed by atoms with Crippen molar-refractivity contribution in [3.63, 3.8) is 0 Å². The van der Waals surface area contributed by atoms with Gasteiger partial charge in [0.25, 0.3) is 0 Å².